The summed E-state index contributed by atoms with van der Waals surface area (Å²) >= 11 is 0. The van der Waals surface area contributed by atoms with Crippen molar-refractivity contribution >= 4 is 17.8 Å². The van der Waals surface area contributed by atoms with Gasteiger partial charge in [-0.1, -0.05) is 20.8 Å². The second-order valence-corrected chi connectivity index (χ2v) is 5.04. The third kappa shape index (κ3) is 5.36. The Labute approximate surface area is 128 Å². The predicted molar refractivity (Wildman–Crippen MR) is 90.2 cm³/mol. The van der Waals surface area contributed by atoms with Crippen LogP contribution in [0.25, 0.3) is 0 Å². The lowest BCUT2D eigenvalue weighted by Crippen LogP contribution is -2.26. The molecule has 0 saturated heterocycles. The van der Waals surface area contributed by atoms with Crippen LogP contribution in [0.1, 0.15) is 53.9 Å². The molecule has 0 saturated carbocycles. The zero-order valence-electron chi connectivity index (χ0n) is 14.1. The molecule has 0 aromatic carbocycles. The molecule has 0 aliphatic rings. The Morgan fingerprint density at radius 3 is 2.05 bits per heavy atom. The average Bonchev–Trinajstić information content (AvgIpc) is 2.51. The minimum absolute atomic E-state index is 0.399. The number of anilines is 3. The van der Waals surface area contributed by atoms with Crippen LogP contribution in [0.2, 0.25) is 0 Å². The van der Waals surface area contributed by atoms with E-state index in [2.05, 4.69) is 65.1 Å². The van der Waals surface area contributed by atoms with Gasteiger partial charge in [-0.25, -0.2) is 0 Å². The third-order valence-corrected chi connectivity index (χ3v) is 3.52. The van der Waals surface area contributed by atoms with E-state index in [0.717, 1.165) is 44.8 Å². The first kappa shape index (κ1) is 17.5. The van der Waals surface area contributed by atoms with Gasteiger partial charge in [0.05, 0.1) is 0 Å². The maximum Gasteiger partial charge on any atom is 0.231 e. The minimum Gasteiger partial charge on any atom is -0.354 e. The van der Waals surface area contributed by atoms with Crippen molar-refractivity contribution in [3.63, 3.8) is 0 Å². The predicted octanol–water partition coefficient (Wildman–Crippen LogP) is 3.14. The van der Waals surface area contributed by atoms with Gasteiger partial charge in [-0.2, -0.15) is 15.0 Å². The normalized spacial score (nSPS) is 10.8. The number of aromatic nitrogens is 3. The number of nitrogens with zero attached hydrogens (tertiary/aromatic N) is 4. The molecule has 21 heavy (non-hydrogen) atoms. The van der Waals surface area contributed by atoms with Crippen LogP contribution < -0.4 is 15.5 Å². The van der Waals surface area contributed by atoms with Gasteiger partial charge in [0.1, 0.15) is 0 Å². The first-order valence-electron chi connectivity index (χ1n) is 8.19. The van der Waals surface area contributed by atoms with Crippen LogP contribution >= 0.6 is 0 Å². The summed E-state index contributed by atoms with van der Waals surface area (Å²) in [6, 6.07) is 0.399. The molecule has 0 unspecified atom stereocenters. The largest absolute Gasteiger partial charge is 0.354 e. The van der Waals surface area contributed by atoms with Crippen LogP contribution in [0.4, 0.5) is 17.8 Å². The molecule has 6 heteroatoms. The minimum atomic E-state index is 0.399. The maximum atomic E-state index is 4.57. The summed E-state index contributed by atoms with van der Waals surface area (Å²) < 4.78 is 0. The molecule has 0 fully saturated rings. The van der Waals surface area contributed by atoms with Crippen molar-refractivity contribution < 1.29 is 0 Å². The van der Waals surface area contributed by atoms with Gasteiger partial charge >= 0.3 is 0 Å². The van der Waals surface area contributed by atoms with Crippen molar-refractivity contribution in [1.82, 2.24) is 15.0 Å². The summed E-state index contributed by atoms with van der Waals surface area (Å²) in [7, 11) is 0. The van der Waals surface area contributed by atoms with Crippen LogP contribution in [0.5, 0.6) is 0 Å². The summed E-state index contributed by atoms with van der Waals surface area (Å²) in [5, 5.41) is 6.67. The first-order chi connectivity index (χ1) is 10.2. The zero-order chi connectivity index (χ0) is 15.7. The van der Waals surface area contributed by atoms with Gasteiger partial charge in [-0.15, -0.1) is 0 Å². The van der Waals surface area contributed by atoms with Gasteiger partial charge in [-0.05, 0) is 33.1 Å². The standard InChI is InChI=1S/C15H30N6/c1-6-11-16-13-18-14(17-12(7-2)8-3)20-15(19-13)21(9-4)10-5/h12H,6-11H2,1-5H3,(H2,16,17,18,19,20). The number of nitrogens with one attached hydrogen (secondary N) is 2. The smallest absolute Gasteiger partial charge is 0.231 e. The van der Waals surface area contributed by atoms with E-state index in [4.69, 9.17) is 0 Å². The Bertz CT molecular complexity index is 401. The van der Waals surface area contributed by atoms with E-state index in [9.17, 15) is 0 Å². The van der Waals surface area contributed by atoms with E-state index in [0.29, 0.717) is 17.9 Å². The van der Waals surface area contributed by atoms with Gasteiger partial charge in [0.25, 0.3) is 0 Å². The molecule has 1 aromatic heterocycles. The maximum absolute atomic E-state index is 4.57. The summed E-state index contributed by atoms with van der Waals surface area (Å²) in [6.45, 7) is 13.3. The monoisotopic (exact) mass is 294 g/mol. The van der Waals surface area contributed by atoms with Crippen molar-refractivity contribution in [2.75, 3.05) is 35.2 Å². The molecule has 6 nitrogen and oxygen atoms in total. The molecular weight excluding hydrogens is 264 g/mol. The lowest BCUT2D eigenvalue weighted by Gasteiger charge is -2.21. The molecule has 0 aliphatic carbocycles. The molecule has 120 valence electrons. The summed E-state index contributed by atoms with van der Waals surface area (Å²) in [5.41, 5.74) is 0. The van der Waals surface area contributed by atoms with Gasteiger partial charge in [0.15, 0.2) is 0 Å². The topological polar surface area (TPSA) is 66.0 Å². The molecule has 0 spiro atoms. The van der Waals surface area contributed by atoms with E-state index in [1.54, 1.807) is 0 Å². The molecule has 1 heterocycles. The van der Waals surface area contributed by atoms with Crippen molar-refractivity contribution in [2.45, 2.75) is 59.9 Å². The fourth-order valence-electron chi connectivity index (χ4n) is 2.07. The Balaban J connectivity index is 3.01. The number of hydrogen-bond donors (Lipinski definition) is 2. The quantitative estimate of drug-likeness (QED) is 0.691. The molecular formula is C15H30N6. The Kier molecular flexibility index (Phi) is 7.79. The van der Waals surface area contributed by atoms with Crippen molar-refractivity contribution in [1.29, 1.82) is 0 Å². The van der Waals surface area contributed by atoms with E-state index in [-0.39, 0.29) is 0 Å². The fraction of sp³-hybridized carbons (Fsp3) is 0.800. The average molecular weight is 294 g/mol. The van der Waals surface area contributed by atoms with Gasteiger partial charge in [0.2, 0.25) is 17.8 Å². The molecule has 0 radical (unpaired) electrons. The zero-order valence-corrected chi connectivity index (χ0v) is 14.1. The van der Waals surface area contributed by atoms with Crippen molar-refractivity contribution in [3.8, 4) is 0 Å². The number of hydrogen-bond acceptors (Lipinski definition) is 6. The molecule has 0 bridgehead atoms. The van der Waals surface area contributed by atoms with Gasteiger partial charge in [0, 0.05) is 25.7 Å². The van der Waals surface area contributed by atoms with Crippen LogP contribution in [0.3, 0.4) is 0 Å². The second-order valence-electron chi connectivity index (χ2n) is 5.04. The fourth-order valence-corrected chi connectivity index (χ4v) is 2.07. The SMILES string of the molecule is CCCNc1nc(NC(CC)CC)nc(N(CC)CC)n1. The van der Waals surface area contributed by atoms with Crippen molar-refractivity contribution in [2.24, 2.45) is 0 Å². The van der Waals surface area contributed by atoms with Crippen LogP contribution in [-0.4, -0.2) is 40.6 Å². The Morgan fingerprint density at radius 1 is 0.905 bits per heavy atom. The lowest BCUT2D eigenvalue weighted by atomic mass is 10.2. The molecule has 1 rings (SSSR count). The van der Waals surface area contributed by atoms with Crippen molar-refractivity contribution in [3.05, 3.63) is 0 Å². The van der Waals surface area contributed by atoms with Crippen LogP contribution in [0.15, 0.2) is 0 Å². The van der Waals surface area contributed by atoms with E-state index >= 15 is 0 Å². The van der Waals surface area contributed by atoms with E-state index in [1.165, 1.54) is 0 Å². The highest BCUT2D eigenvalue weighted by Gasteiger charge is 2.13. The van der Waals surface area contributed by atoms with E-state index in [1.807, 2.05) is 0 Å². The molecule has 0 atom stereocenters. The van der Waals surface area contributed by atoms with Gasteiger partial charge in [-0.3, -0.25) is 0 Å². The second kappa shape index (κ2) is 9.37. The Morgan fingerprint density at radius 2 is 1.52 bits per heavy atom. The van der Waals surface area contributed by atoms with Crippen LogP contribution in [-0.2, 0) is 0 Å². The summed E-state index contributed by atoms with van der Waals surface area (Å²) in [6.07, 6.45) is 3.16. The lowest BCUT2D eigenvalue weighted by molar-refractivity contribution is 0.662. The number of rotatable bonds is 10. The van der Waals surface area contributed by atoms with Crippen LogP contribution in [0, 0.1) is 0 Å². The highest BCUT2D eigenvalue weighted by Crippen LogP contribution is 2.15. The molecule has 1 aromatic rings. The first-order valence-corrected chi connectivity index (χ1v) is 8.19. The van der Waals surface area contributed by atoms with E-state index < -0.39 is 0 Å². The Hall–Kier alpha value is -1.59. The summed E-state index contributed by atoms with van der Waals surface area (Å²) in [5.74, 6) is 2.06. The third-order valence-electron chi connectivity index (χ3n) is 3.52. The summed E-state index contributed by atoms with van der Waals surface area (Å²) in [4.78, 5) is 15.7. The molecule has 0 amide bonds. The highest BCUT2D eigenvalue weighted by molar-refractivity contribution is 5.44. The molecule has 0 aliphatic heterocycles. The molecule has 2 N–H and O–H groups in total. The highest BCUT2D eigenvalue weighted by atomic mass is 15.3. The van der Waals surface area contributed by atoms with Gasteiger partial charge < -0.3 is 15.5 Å².